The number of carboxylic acid groups (broad SMARTS) is 1. The van der Waals surface area contributed by atoms with Crippen molar-refractivity contribution in [1.29, 1.82) is 0 Å². The van der Waals surface area contributed by atoms with E-state index in [-0.39, 0.29) is 6.03 Å². The quantitative estimate of drug-likeness (QED) is 0.872. The van der Waals surface area contributed by atoms with Crippen LogP contribution in [0, 0.1) is 0 Å². The average molecular weight is 262 g/mol. The van der Waals surface area contributed by atoms with Crippen molar-refractivity contribution in [2.45, 2.75) is 32.2 Å². The molecule has 0 saturated carbocycles. The molecule has 2 N–H and O–H groups in total. The van der Waals surface area contributed by atoms with Crippen molar-refractivity contribution < 1.29 is 14.7 Å². The highest BCUT2D eigenvalue weighted by Gasteiger charge is 2.27. The number of carbonyl (C=O) groups is 2. The predicted molar refractivity (Wildman–Crippen MR) is 72.4 cm³/mol. The Morgan fingerprint density at radius 1 is 1.42 bits per heavy atom. The van der Waals surface area contributed by atoms with E-state index in [1.54, 1.807) is 4.90 Å². The van der Waals surface area contributed by atoms with Crippen molar-refractivity contribution in [1.82, 2.24) is 5.32 Å². The van der Waals surface area contributed by atoms with Gasteiger partial charge in [0.25, 0.3) is 0 Å². The fourth-order valence-electron chi connectivity index (χ4n) is 2.32. The first-order chi connectivity index (χ1) is 9.13. The first kappa shape index (κ1) is 13.4. The molecule has 1 heterocycles. The van der Waals surface area contributed by atoms with Crippen molar-refractivity contribution >= 4 is 17.7 Å². The van der Waals surface area contributed by atoms with Crippen LogP contribution in [0.15, 0.2) is 24.3 Å². The number of fused-ring (bicyclic) bond motifs is 1. The smallest absolute Gasteiger partial charge is 0.326 e. The van der Waals surface area contributed by atoms with Crippen molar-refractivity contribution in [3.05, 3.63) is 29.8 Å². The number of rotatable bonds is 4. The van der Waals surface area contributed by atoms with Gasteiger partial charge in [0, 0.05) is 12.2 Å². The van der Waals surface area contributed by atoms with Crippen LogP contribution in [0.3, 0.4) is 0 Å². The number of nitrogens with zero attached hydrogens (tertiary/aromatic N) is 1. The molecule has 0 unspecified atom stereocenters. The third-order valence-electron chi connectivity index (χ3n) is 3.31. The van der Waals surface area contributed by atoms with Crippen LogP contribution in [-0.4, -0.2) is 29.7 Å². The van der Waals surface area contributed by atoms with Gasteiger partial charge in [-0.15, -0.1) is 0 Å². The molecule has 0 fully saturated rings. The Kier molecular flexibility index (Phi) is 4.04. The zero-order valence-corrected chi connectivity index (χ0v) is 10.9. The molecule has 0 saturated heterocycles. The Bertz CT molecular complexity index is 487. The molecule has 0 aromatic heterocycles. The molecule has 1 aliphatic rings. The molecule has 5 heteroatoms. The first-order valence-electron chi connectivity index (χ1n) is 6.52. The van der Waals surface area contributed by atoms with Gasteiger partial charge in [-0.1, -0.05) is 31.5 Å². The molecule has 0 spiro atoms. The molecule has 1 aromatic rings. The maximum Gasteiger partial charge on any atom is 0.326 e. The molecule has 2 rings (SSSR count). The monoisotopic (exact) mass is 262 g/mol. The van der Waals surface area contributed by atoms with Crippen LogP contribution in [0.5, 0.6) is 0 Å². The summed E-state index contributed by atoms with van der Waals surface area (Å²) in [6, 6.07) is 6.56. The van der Waals surface area contributed by atoms with Crippen molar-refractivity contribution in [2.75, 3.05) is 11.4 Å². The summed E-state index contributed by atoms with van der Waals surface area (Å²) in [5.74, 6) is -0.984. The Balaban J connectivity index is 2.07. The second kappa shape index (κ2) is 5.73. The van der Waals surface area contributed by atoms with Gasteiger partial charge in [-0.05, 0) is 24.5 Å². The second-order valence-corrected chi connectivity index (χ2v) is 4.66. The number of urea groups is 1. The first-order valence-corrected chi connectivity index (χ1v) is 6.52. The second-order valence-electron chi connectivity index (χ2n) is 4.66. The van der Waals surface area contributed by atoms with Crippen LogP contribution in [0.25, 0.3) is 0 Å². The highest BCUT2D eigenvalue weighted by atomic mass is 16.4. The lowest BCUT2D eigenvalue weighted by atomic mass is 10.2. The van der Waals surface area contributed by atoms with Gasteiger partial charge in [0.2, 0.25) is 0 Å². The summed E-state index contributed by atoms with van der Waals surface area (Å²) in [7, 11) is 0. The van der Waals surface area contributed by atoms with Crippen LogP contribution in [0.2, 0.25) is 0 Å². The van der Waals surface area contributed by atoms with Gasteiger partial charge in [0.05, 0.1) is 0 Å². The van der Waals surface area contributed by atoms with E-state index in [4.69, 9.17) is 5.11 Å². The summed E-state index contributed by atoms with van der Waals surface area (Å²) in [4.78, 5) is 24.8. The summed E-state index contributed by atoms with van der Waals surface area (Å²) in [5.41, 5.74) is 2.00. The van der Waals surface area contributed by atoms with E-state index in [1.807, 2.05) is 31.2 Å². The molecule has 1 aromatic carbocycles. The molecule has 19 heavy (non-hydrogen) atoms. The van der Waals surface area contributed by atoms with E-state index in [0.717, 1.165) is 17.7 Å². The number of hydrogen-bond donors (Lipinski definition) is 2. The zero-order valence-electron chi connectivity index (χ0n) is 10.9. The van der Waals surface area contributed by atoms with E-state index in [0.29, 0.717) is 19.4 Å². The van der Waals surface area contributed by atoms with E-state index in [1.165, 1.54) is 0 Å². The van der Waals surface area contributed by atoms with Crippen molar-refractivity contribution in [3.63, 3.8) is 0 Å². The third kappa shape index (κ3) is 2.86. The topological polar surface area (TPSA) is 69.6 Å². The number of amides is 2. The van der Waals surface area contributed by atoms with Gasteiger partial charge < -0.3 is 10.4 Å². The molecule has 0 bridgehead atoms. The van der Waals surface area contributed by atoms with Gasteiger partial charge in [-0.2, -0.15) is 0 Å². The number of para-hydroxylation sites is 1. The Labute approximate surface area is 112 Å². The van der Waals surface area contributed by atoms with E-state index in [9.17, 15) is 9.59 Å². The summed E-state index contributed by atoms with van der Waals surface area (Å²) in [6.45, 7) is 2.50. The average Bonchev–Trinajstić information content (AvgIpc) is 2.81. The Hall–Kier alpha value is -2.04. The highest BCUT2D eigenvalue weighted by Crippen LogP contribution is 2.27. The molecule has 2 amide bonds. The zero-order chi connectivity index (χ0) is 13.8. The number of benzene rings is 1. The predicted octanol–water partition coefficient (Wildman–Crippen LogP) is 2.01. The number of nitrogens with one attached hydrogen (secondary N) is 1. The number of aliphatic carboxylic acids is 1. The van der Waals surface area contributed by atoms with E-state index >= 15 is 0 Å². The Morgan fingerprint density at radius 3 is 2.84 bits per heavy atom. The minimum Gasteiger partial charge on any atom is -0.480 e. The lowest BCUT2D eigenvalue weighted by molar-refractivity contribution is -0.139. The van der Waals surface area contributed by atoms with Gasteiger partial charge in [0.1, 0.15) is 6.04 Å². The Morgan fingerprint density at radius 2 is 2.16 bits per heavy atom. The lowest BCUT2D eigenvalue weighted by Gasteiger charge is -2.21. The SMILES string of the molecule is CCC[C@@H](NC(=O)N1CCc2ccccc21)C(=O)O. The van der Waals surface area contributed by atoms with Gasteiger partial charge >= 0.3 is 12.0 Å². The number of carboxylic acids is 1. The standard InChI is InChI=1S/C14H18N2O3/c1-2-5-11(13(17)18)15-14(19)16-9-8-10-6-3-4-7-12(10)16/h3-4,6-7,11H,2,5,8-9H2,1H3,(H,15,19)(H,17,18)/t11-/m1/s1. The van der Waals surface area contributed by atoms with Crippen molar-refractivity contribution in [3.8, 4) is 0 Å². The van der Waals surface area contributed by atoms with E-state index < -0.39 is 12.0 Å². The molecule has 1 aliphatic heterocycles. The minimum atomic E-state index is -0.984. The maximum atomic E-state index is 12.1. The third-order valence-corrected chi connectivity index (χ3v) is 3.31. The fourth-order valence-corrected chi connectivity index (χ4v) is 2.32. The molecule has 0 aliphatic carbocycles. The number of anilines is 1. The number of hydrogen-bond acceptors (Lipinski definition) is 2. The fraction of sp³-hybridized carbons (Fsp3) is 0.429. The van der Waals surface area contributed by atoms with Gasteiger partial charge in [-0.25, -0.2) is 9.59 Å². The largest absolute Gasteiger partial charge is 0.480 e. The highest BCUT2D eigenvalue weighted by molar-refractivity contribution is 5.96. The number of carbonyl (C=O) groups excluding carboxylic acids is 1. The van der Waals surface area contributed by atoms with Crippen LogP contribution < -0.4 is 10.2 Å². The van der Waals surface area contributed by atoms with Crippen LogP contribution >= 0.6 is 0 Å². The molecule has 5 nitrogen and oxygen atoms in total. The van der Waals surface area contributed by atoms with Crippen molar-refractivity contribution in [2.24, 2.45) is 0 Å². The van der Waals surface area contributed by atoms with Crippen LogP contribution in [0.4, 0.5) is 10.5 Å². The summed E-state index contributed by atoms with van der Waals surface area (Å²) >= 11 is 0. The molecule has 0 radical (unpaired) electrons. The lowest BCUT2D eigenvalue weighted by Crippen LogP contribution is -2.47. The molecular weight excluding hydrogens is 244 g/mol. The van der Waals surface area contributed by atoms with E-state index in [2.05, 4.69) is 5.32 Å². The van der Waals surface area contributed by atoms with Gasteiger partial charge in [-0.3, -0.25) is 4.90 Å². The summed E-state index contributed by atoms with van der Waals surface area (Å²) in [5, 5.41) is 11.6. The maximum absolute atomic E-state index is 12.1. The molecular formula is C14H18N2O3. The summed E-state index contributed by atoms with van der Waals surface area (Å²) < 4.78 is 0. The van der Waals surface area contributed by atoms with Crippen LogP contribution in [-0.2, 0) is 11.2 Å². The summed E-state index contributed by atoms with van der Waals surface area (Å²) in [6.07, 6.45) is 1.97. The van der Waals surface area contributed by atoms with Gasteiger partial charge in [0.15, 0.2) is 0 Å². The normalized spacial score (nSPS) is 14.9. The molecule has 102 valence electrons. The van der Waals surface area contributed by atoms with Crippen LogP contribution in [0.1, 0.15) is 25.3 Å². The minimum absolute atomic E-state index is 0.328. The molecule has 1 atom stereocenters.